The Morgan fingerprint density at radius 1 is 1.29 bits per heavy atom. The number of nitrogens with zero attached hydrogens (tertiary/aromatic N) is 1. The highest BCUT2D eigenvalue weighted by Gasteiger charge is 2.26. The average Bonchev–Trinajstić information content (AvgIpc) is 2.78. The standard InChI is InChI=1S/C16H17NO4/c1-20-12-6-2-10(3-7-12)15-13-8-4-11(16(18)19)5-9-14(13)21-17-15/h2-3,6-7,11H,4-5,8-9H2,1H3,(H,18,19). The molecule has 3 rings (SSSR count). The van der Waals surface area contributed by atoms with Crippen LogP contribution in [0, 0.1) is 5.92 Å². The number of carboxylic acid groups (broad SMARTS) is 1. The summed E-state index contributed by atoms with van der Waals surface area (Å²) >= 11 is 0. The summed E-state index contributed by atoms with van der Waals surface area (Å²) in [6, 6.07) is 7.65. The van der Waals surface area contributed by atoms with Crippen molar-refractivity contribution < 1.29 is 19.2 Å². The molecule has 0 aliphatic heterocycles. The van der Waals surface area contributed by atoms with Crippen molar-refractivity contribution in [1.82, 2.24) is 5.16 Å². The van der Waals surface area contributed by atoms with Crippen molar-refractivity contribution in [1.29, 1.82) is 0 Å². The second-order valence-electron chi connectivity index (χ2n) is 5.27. The average molecular weight is 287 g/mol. The van der Waals surface area contributed by atoms with Gasteiger partial charge in [-0.1, -0.05) is 5.16 Å². The lowest BCUT2D eigenvalue weighted by molar-refractivity contribution is -0.142. The number of benzene rings is 1. The number of hydrogen-bond acceptors (Lipinski definition) is 4. The van der Waals surface area contributed by atoms with E-state index in [1.165, 1.54) is 0 Å². The molecule has 1 N–H and O–H groups in total. The molecule has 2 aromatic rings. The summed E-state index contributed by atoms with van der Waals surface area (Å²) in [4.78, 5) is 11.1. The molecule has 5 nitrogen and oxygen atoms in total. The first-order valence-electron chi connectivity index (χ1n) is 7.03. The first kappa shape index (κ1) is 13.7. The van der Waals surface area contributed by atoms with Crippen molar-refractivity contribution in [3.63, 3.8) is 0 Å². The summed E-state index contributed by atoms with van der Waals surface area (Å²) in [5.74, 6) is 0.597. The number of aliphatic carboxylic acids is 1. The fourth-order valence-electron chi connectivity index (χ4n) is 2.79. The molecule has 0 radical (unpaired) electrons. The fraction of sp³-hybridized carbons (Fsp3) is 0.375. The second kappa shape index (κ2) is 5.60. The summed E-state index contributed by atoms with van der Waals surface area (Å²) in [6.07, 6.45) is 2.57. The van der Waals surface area contributed by atoms with Crippen molar-refractivity contribution in [2.45, 2.75) is 25.7 Å². The highest BCUT2D eigenvalue weighted by Crippen LogP contribution is 2.32. The topological polar surface area (TPSA) is 72.6 Å². The Labute approximate surface area is 122 Å². The number of carboxylic acids is 1. The lowest BCUT2D eigenvalue weighted by atomic mass is 9.99. The molecular formula is C16H17NO4. The number of carbonyl (C=O) groups is 1. The number of rotatable bonds is 3. The summed E-state index contributed by atoms with van der Waals surface area (Å²) in [7, 11) is 1.63. The molecule has 110 valence electrons. The number of aromatic nitrogens is 1. The van der Waals surface area contributed by atoms with E-state index in [1.54, 1.807) is 7.11 Å². The number of ether oxygens (including phenoxy) is 1. The summed E-state index contributed by atoms with van der Waals surface area (Å²) in [6.45, 7) is 0. The van der Waals surface area contributed by atoms with E-state index in [0.29, 0.717) is 25.7 Å². The van der Waals surface area contributed by atoms with Gasteiger partial charge >= 0.3 is 5.97 Å². The lowest BCUT2D eigenvalue weighted by Gasteiger charge is -2.07. The molecule has 1 aliphatic carbocycles. The summed E-state index contributed by atoms with van der Waals surface area (Å²) < 4.78 is 10.6. The van der Waals surface area contributed by atoms with Crippen molar-refractivity contribution >= 4 is 5.97 Å². The van der Waals surface area contributed by atoms with Gasteiger partial charge in [0, 0.05) is 17.5 Å². The Kier molecular flexibility index (Phi) is 3.64. The first-order valence-corrected chi connectivity index (χ1v) is 7.03. The van der Waals surface area contributed by atoms with Crippen LogP contribution in [0.2, 0.25) is 0 Å². The molecule has 1 unspecified atom stereocenters. The number of methoxy groups -OCH3 is 1. The molecular weight excluding hydrogens is 270 g/mol. The van der Waals surface area contributed by atoms with Gasteiger partial charge in [0.2, 0.25) is 0 Å². The van der Waals surface area contributed by atoms with Gasteiger partial charge in [0.15, 0.2) is 0 Å². The number of aryl methyl sites for hydroxylation is 1. The third-order valence-corrected chi connectivity index (χ3v) is 4.04. The van der Waals surface area contributed by atoms with Gasteiger partial charge in [0.1, 0.15) is 17.2 Å². The SMILES string of the molecule is COc1ccc(-c2noc3c2CCC(C(=O)O)CC3)cc1. The van der Waals surface area contributed by atoms with Gasteiger partial charge in [-0.05, 0) is 43.5 Å². The molecule has 0 saturated carbocycles. The normalized spacial score (nSPS) is 17.9. The molecule has 0 amide bonds. The summed E-state index contributed by atoms with van der Waals surface area (Å²) in [5, 5.41) is 13.3. The largest absolute Gasteiger partial charge is 0.497 e. The Morgan fingerprint density at radius 2 is 2.00 bits per heavy atom. The zero-order valence-electron chi connectivity index (χ0n) is 11.8. The minimum atomic E-state index is -0.723. The Hall–Kier alpha value is -2.30. The molecule has 1 aromatic carbocycles. The highest BCUT2D eigenvalue weighted by atomic mass is 16.5. The predicted octanol–water partition coefficient (Wildman–Crippen LogP) is 2.93. The predicted molar refractivity (Wildman–Crippen MR) is 76.3 cm³/mol. The Balaban J connectivity index is 1.89. The number of hydrogen-bond donors (Lipinski definition) is 1. The molecule has 0 spiro atoms. The van der Waals surface area contributed by atoms with Gasteiger partial charge in [-0.3, -0.25) is 4.79 Å². The maximum Gasteiger partial charge on any atom is 0.306 e. The molecule has 21 heavy (non-hydrogen) atoms. The van der Waals surface area contributed by atoms with E-state index in [2.05, 4.69) is 5.16 Å². The zero-order chi connectivity index (χ0) is 14.8. The maximum absolute atomic E-state index is 11.1. The van der Waals surface area contributed by atoms with Crippen LogP contribution < -0.4 is 4.74 Å². The quantitative estimate of drug-likeness (QED) is 0.879. The highest BCUT2D eigenvalue weighted by molar-refractivity contribution is 5.70. The number of fused-ring (bicyclic) bond motifs is 1. The van der Waals surface area contributed by atoms with Crippen LogP contribution in [-0.2, 0) is 17.6 Å². The first-order chi connectivity index (χ1) is 10.2. The van der Waals surface area contributed by atoms with E-state index in [1.807, 2.05) is 24.3 Å². The minimum Gasteiger partial charge on any atom is -0.497 e. The monoisotopic (exact) mass is 287 g/mol. The maximum atomic E-state index is 11.1. The Bertz CT molecular complexity index is 645. The van der Waals surface area contributed by atoms with Crippen LogP contribution in [0.25, 0.3) is 11.3 Å². The molecule has 1 heterocycles. The molecule has 0 saturated heterocycles. The van der Waals surface area contributed by atoms with E-state index in [4.69, 9.17) is 14.4 Å². The third-order valence-electron chi connectivity index (χ3n) is 4.04. The zero-order valence-corrected chi connectivity index (χ0v) is 11.8. The van der Waals surface area contributed by atoms with E-state index in [9.17, 15) is 4.79 Å². The Morgan fingerprint density at radius 3 is 2.67 bits per heavy atom. The lowest BCUT2D eigenvalue weighted by Crippen LogP contribution is -2.13. The second-order valence-corrected chi connectivity index (χ2v) is 5.27. The van der Waals surface area contributed by atoms with E-state index < -0.39 is 5.97 Å². The van der Waals surface area contributed by atoms with Crippen molar-refractivity contribution in [3.05, 3.63) is 35.6 Å². The smallest absolute Gasteiger partial charge is 0.306 e. The van der Waals surface area contributed by atoms with Crippen LogP contribution in [0.15, 0.2) is 28.8 Å². The van der Waals surface area contributed by atoms with Crippen LogP contribution >= 0.6 is 0 Å². The molecule has 0 bridgehead atoms. The van der Waals surface area contributed by atoms with Crippen molar-refractivity contribution in [2.75, 3.05) is 7.11 Å². The summed E-state index contributed by atoms with van der Waals surface area (Å²) in [5.41, 5.74) is 2.83. The molecule has 1 atom stereocenters. The van der Waals surface area contributed by atoms with E-state index >= 15 is 0 Å². The van der Waals surface area contributed by atoms with Gasteiger partial charge in [0.25, 0.3) is 0 Å². The van der Waals surface area contributed by atoms with Crippen molar-refractivity contribution in [3.8, 4) is 17.0 Å². The van der Waals surface area contributed by atoms with Crippen LogP contribution in [-0.4, -0.2) is 23.3 Å². The van der Waals surface area contributed by atoms with E-state index in [-0.39, 0.29) is 5.92 Å². The van der Waals surface area contributed by atoms with Crippen LogP contribution in [0.1, 0.15) is 24.2 Å². The van der Waals surface area contributed by atoms with Gasteiger partial charge in [-0.2, -0.15) is 0 Å². The fourth-order valence-corrected chi connectivity index (χ4v) is 2.79. The van der Waals surface area contributed by atoms with E-state index in [0.717, 1.165) is 28.3 Å². The van der Waals surface area contributed by atoms with Crippen molar-refractivity contribution in [2.24, 2.45) is 5.92 Å². The molecule has 0 fully saturated rings. The van der Waals surface area contributed by atoms with Gasteiger partial charge in [0.05, 0.1) is 13.0 Å². The van der Waals surface area contributed by atoms with Gasteiger partial charge < -0.3 is 14.4 Å². The molecule has 1 aromatic heterocycles. The van der Waals surface area contributed by atoms with Gasteiger partial charge in [-0.25, -0.2) is 0 Å². The minimum absolute atomic E-state index is 0.295. The third kappa shape index (κ3) is 2.63. The van der Waals surface area contributed by atoms with Gasteiger partial charge in [-0.15, -0.1) is 0 Å². The van der Waals surface area contributed by atoms with Crippen LogP contribution in [0.5, 0.6) is 5.75 Å². The molecule has 1 aliphatic rings. The van der Waals surface area contributed by atoms with Crippen LogP contribution in [0.3, 0.4) is 0 Å². The molecule has 5 heteroatoms. The van der Waals surface area contributed by atoms with Crippen LogP contribution in [0.4, 0.5) is 0 Å².